The van der Waals surface area contributed by atoms with Gasteiger partial charge in [0.1, 0.15) is 33.4 Å². The van der Waals surface area contributed by atoms with Crippen LogP contribution in [0, 0.1) is 0 Å². The molecule has 0 unspecified atom stereocenters. The van der Waals surface area contributed by atoms with Crippen molar-refractivity contribution < 1.29 is 0 Å². The van der Waals surface area contributed by atoms with Crippen molar-refractivity contribution in [3.8, 4) is 0 Å². The minimum Gasteiger partial charge on any atom is -0.341 e. The second-order valence-electron chi connectivity index (χ2n) is 4.08. The van der Waals surface area contributed by atoms with E-state index in [9.17, 15) is 0 Å². The molecule has 0 fully saturated rings. The quantitative estimate of drug-likeness (QED) is 0.747. The molecule has 102 valence electrons. The van der Waals surface area contributed by atoms with Crippen LogP contribution in [-0.2, 0) is 6.42 Å². The van der Waals surface area contributed by atoms with E-state index in [1.54, 1.807) is 6.33 Å². The average molecular weight is 307 g/mol. The molecule has 0 atom stereocenters. The summed E-state index contributed by atoms with van der Waals surface area (Å²) >= 11 is 7.60. The number of fused-ring (bicyclic) bond motifs is 1. The fourth-order valence-electron chi connectivity index (χ4n) is 1.84. The zero-order valence-electron chi connectivity index (χ0n) is 10.7. The van der Waals surface area contributed by atoms with Crippen LogP contribution in [0.4, 0.5) is 0 Å². The molecule has 0 saturated heterocycles. The van der Waals surface area contributed by atoms with Crippen LogP contribution in [0.5, 0.6) is 0 Å². The highest BCUT2D eigenvalue weighted by molar-refractivity contribution is 7.99. The first-order valence-electron chi connectivity index (χ1n) is 6.11. The summed E-state index contributed by atoms with van der Waals surface area (Å²) in [6.45, 7) is 2.09. The van der Waals surface area contributed by atoms with Gasteiger partial charge in [0.15, 0.2) is 5.65 Å². The van der Waals surface area contributed by atoms with E-state index in [1.807, 2.05) is 0 Å². The van der Waals surface area contributed by atoms with E-state index in [0.717, 1.165) is 34.0 Å². The zero-order valence-corrected chi connectivity index (χ0v) is 12.2. The highest BCUT2D eigenvalue weighted by Crippen LogP contribution is 2.33. The first-order valence-corrected chi connectivity index (χ1v) is 7.30. The van der Waals surface area contributed by atoms with E-state index in [4.69, 9.17) is 11.6 Å². The summed E-state index contributed by atoms with van der Waals surface area (Å²) in [4.78, 5) is 23.9. The molecule has 1 N–H and O–H groups in total. The van der Waals surface area contributed by atoms with Crippen molar-refractivity contribution in [3.05, 3.63) is 29.7 Å². The van der Waals surface area contributed by atoms with Crippen molar-refractivity contribution >= 4 is 34.5 Å². The summed E-state index contributed by atoms with van der Waals surface area (Å²) in [5.74, 6) is 0. The number of H-pyrrole nitrogens is 1. The molecule has 0 bridgehead atoms. The fraction of sp³-hybridized carbons (Fsp3) is 0.250. The Morgan fingerprint density at radius 3 is 2.75 bits per heavy atom. The maximum absolute atomic E-state index is 6.15. The third-order valence-corrected chi connectivity index (χ3v) is 4.11. The lowest BCUT2D eigenvalue weighted by Gasteiger charge is -2.07. The maximum Gasteiger partial charge on any atom is 0.181 e. The molecule has 0 aliphatic carbocycles. The summed E-state index contributed by atoms with van der Waals surface area (Å²) < 4.78 is 0. The number of hydrogen-bond donors (Lipinski definition) is 1. The maximum atomic E-state index is 6.15. The van der Waals surface area contributed by atoms with Gasteiger partial charge in [0.05, 0.1) is 6.33 Å². The minimum atomic E-state index is 0.499. The molecule has 6 nitrogen and oxygen atoms in total. The van der Waals surface area contributed by atoms with Crippen molar-refractivity contribution in [2.45, 2.75) is 29.8 Å². The number of aromatic amines is 1. The number of hydrogen-bond acceptors (Lipinski definition) is 6. The summed E-state index contributed by atoms with van der Waals surface area (Å²) in [6.07, 6.45) is 6.37. The van der Waals surface area contributed by atoms with Crippen LogP contribution in [-0.4, -0.2) is 29.9 Å². The molecule has 0 aromatic carbocycles. The summed E-state index contributed by atoms with van der Waals surface area (Å²) in [7, 11) is 0. The fourth-order valence-corrected chi connectivity index (χ4v) is 3.08. The Balaban J connectivity index is 2.03. The standard InChI is InChI=1S/C12H11ClN6S/c1-2-3-7-9(13)15-5-18-11(7)20-12-8-10(16-4-14-8)17-6-19-12/h4-6H,2-3H2,1H3,(H,14,16,17,19). The Bertz CT molecular complexity index is 744. The number of nitrogens with one attached hydrogen (secondary N) is 1. The van der Waals surface area contributed by atoms with Crippen LogP contribution < -0.4 is 0 Å². The van der Waals surface area contributed by atoms with Crippen LogP contribution in [0.2, 0.25) is 5.15 Å². The van der Waals surface area contributed by atoms with Crippen molar-refractivity contribution in [1.29, 1.82) is 0 Å². The molecule has 3 aromatic rings. The molecule has 0 aliphatic heterocycles. The van der Waals surface area contributed by atoms with Gasteiger partial charge in [-0.05, 0) is 18.2 Å². The van der Waals surface area contributed by atoms with Crippen LogP contribution in [0.15, 0.2) is 29.0 Å². The molecular formula is C12H11ClN6S. The molecular weight excluding hydrogens is 296 g/mol. The number of imidazole rings is 1. The van der Waals surface area contributed by atoms with Crippen LogP contribution >= 0.6 is 23.4 Å². The Kier molecular flexibility index (Phi) is 3.79. The summed E-state index contributed by atoms with van der Waals surface area (Å²) in [5.41, 5.74) is 2.39. The zero-order chi connectivity index (χ0) is 13.9. The van der Waals surface area contributed by atoms with Crippen molar-refractivity contribution in [1.82, 2.24) is 29.9 Å². The lowest BCUT2D eigenvalue weighted by Crippen LogP contribution is -1.96. The van der Waals surface area contributed by atoms with Gasteiger partial charge in [0.2, 0.25) is 0 Å². The minimum absolute atomic E-state index is 0.499. The monoisotopic (exact) mass is 306 g/mol. The van der Waals surface area contributed by atoms with E-state index in [0.29, 0.717) is 10.8 Å². The highest BCUT2D eigenvalue weighted by Gasteiger charge is 2.14. The number of rotatable bonds is 4. The van der Waals surface area contributed by atoms with E-state index in [2.05, 4.69) is 36.8 Å². The van der Waals surface area contributed by atoms with E-state index >= 15 is 0 Å². The van der Waals surface area contributed by atoms with Gasteiger partial charge in [-0.1, -0.05) is 24.9 Å². The van der Waals surface area contributed by atoms with Crippen LogP contribution in [0.3, 0.4) is 0 Å². The SMILES string of the molecule is CCCc1c(Cl)ncnc1Sc1ncnc2nc[nH]c12. The highest BCUT2D eigenvalue weighted by atomic mass is 35.5. The normalized spacial score (nSPS) is 11.1. The third-order valence-electron chi connectivity index (χ3n) is 2.73. The van der Waals surface area contributed by atoms with Crippen LogP contribution in [0.25, 0.3) is 11.2 Å². The van der Waals surface area contributed by atoms with Crippen molar-refractivity contribution in [2.75, 3.05) is 0 Å². The lowest BCUT2D eigenvalue weighted by molar-refractivity contribution is 0.855. The Morgan fingerprint density at radius 2 is 1.90 bits per heavy atom. The largest absolute Gasteiger partial charge is 0.341 e. The van der Waals surface area contributed by atoms with Crippen LogP contribution in [0.1, 0.15) is 18.9 Å². The molecule has 0 spiro atoms. The van der Waals surface area contributed by atoms with E-state index < -0.39 is 0 Å². The number of aromatic nitrogens is 6. The Labute approximate surface area is 124 Å². The van der Waals surface area contributed by atoms with Gasteiger partial charge in [-0.25, -0.2) is 24.9 Å². The van der Waals surface area contributed by atoms with Crippen molar-refractivity contribution in [2.24, 2.45) is 0 Å². The molecule has 3 heterocycles. The third kappa shape index (κ3) is 2.46. The smallest absolute Gasteiger partial charge is 0.181 e. The van der Waals surface area contributed by atoms with Gasteiger partial charge in [-0.2, -0.15) is 0 Å². The predicted molar refractivity (Wildman–Crippen MR) is 76.8 cm³/mol. The van der Waals surface area contributed by atoms with Gasteiger partial charge in [0, 0.05) is 5.56 Å². The van der Waals surface area contributed by atoms with Gasteiger partial charge >= 0.3 is 0 Å². The Morgan fingerprint density at radius 1 is 1.10 bits per heavy atom. The molecule has 0 amide bonds. The van der Waals surface area contributed by atoms with Gasteiger partial charge in [-0.3, -0.25) is 0 Å². The number of nitrogens with zero attached hydrogens (tertiary/aromatic N) is 5. The lowest BCUT2D eigenvalue weighted by atomic mass is 10.2. The van der Waals surface area contributed by atoms with E-state index in [1.165, 1.54) is 24.4 Å². The van der Waals surface area contributed by atoms with Gasteiger partial charge < -0.3 is 4.98 Å². The number of halogens is 1. The second-order valence-corrected chi connectivity index (χ2v) is 5.42. The molecule has 3 rings (SSSR count). The molecule has 20 heavy (non-hydrogen) atoms. The summed E-state index contributed by atoms with van der Waals surface area (Å²) in [6, 6.07) is 0. The second kappa shape index (κ2) is 5.72. The van der Waals surface area contributed by atoms with Crippen molar-refractivity contribution in [3.63, 3.8) is 0 Å². The Hall–Kier alpha value is -1.73. The van der Waals surface area contributed by atoms with Gasteiger partial charge in [-0.15, -0.1) is 0 Å². The molecule has 0 aliphatic rings. The first-order chi connectivity index (χ1) is 9.79. The molecule has 0 radical (unpaired) electrons. The molecule has 0 saturated carbocycles. The average Bonchev–Trinajstić information content (AvgIpc) is 2.92. The summed E-state index contributed by atoms with van der Waals surface area (Å²) in [5, 5.41) is 2.10. The first kappa shape index (κ1) is 13.3. The molecule has 3 aromatic heterocycles. The van der Waals surface area contributed by atoms with E-state index in [-0.39, 0.29) is 0 Å². The molecule has 8 heteroatoms. The predicted octanol–water partition coefficient (Wildman–Crippen LogP) is 2.90. The van der Waals surface area contributed by atoms with Gasteiger partial charge in [0.25, 0.3) is 0 Å². The topological polar surface area (TPSA) is 80.2 Å².